The fourth-order valence-electron chi connectivity index (χ4n) is 1.80. The largest absolute Gasteiger partial charge is 1.00 e. The van der Waals surface area contributed by atoms with Crippen molar-refractivity contribution in [2.45, 2.75) is 0 Å². The van der Waals surface area contributed by atoms with Crippen molar-refractivity contribution in [3.8, 4) is 0 Å². The number of carbonyl (C=O) groups excluding carboxylic acids is 2. The number of hydrogen-bond donors (Lipinski definition) is 1. The molecule has 0 rings (SSSR count). The number of carboxylic acid groups (broad SMARTS) is 1. The van der Waals surface area contributed by atoms with Crippen molar-refractivity contribution in [2.24, 2.45) is 0 Å². The summed E-state index contributed by atoms with van der Waals surface area (Å²) in [5.41, 5.74) is -0.468. The predicted octanol–water partition coefficient (Wildman–Crippen LogP) is -1.57. The van der Waals surface area contributed by atoms with Gasteiger partial charge in [0.15, 0.2) is 0 Å². The standard InChI is InChI=1S/2C8H16N.C6H7NO3.ClH/c2*1-5-7-9(3,4)8-6-2;1-3-5(8)7-4(2)6(9)10;/h2*5-6H,1-2,7-8H2,3-4H3;3H,1-2H2,(H,7,8)(H,9,10);1H/q2*+1;;/p-2. The van der Waals surface area contributed by atoms with Crippen LogP contribution in [0.2, 0.25) is 0 Å². The summed E-state index contributed by atoms with van der Waals surface area (Å²) in [6.45, 7) is 24.8. The van der Waals surface area contributed by atoms with Crippen LogP contribution in [-0.4, -0.2) is 75.2 Å². The number of amides is 1. The minimum atomic E-state index is -1.50. The lowest BCUT2D eigenvalue weighted by Gasteiger charge is -2.26. The smallest absolute Gasteiger partial charge is 0.247 e. The first-order valence-corrected chi connectivity index (χ1v) is 8.73. The molecule has 0 spiro atoms. The summed E-state index contributed by atoms with van der Waals surface area (Å²) in [4.78, 5) is 20.2. The molecule has 1 amide bonds. The molecule has 0 atom stereocenters. The van der Waals surface area contributed by atoms with Crippen LogP contribution in [0.25, 0.3) is 0 Å². The van der Waals surface area contributed by atoms with E-state index in [4.69, 9.17) is 0 Å². The predicted molar refractivity (Wildman–Crippen MR) is 117 cm³/mol. The summed E-state index contributed by atoms with van der Waals surface area (Å²) in [5, 5.41) is 11.8. The summed E-state index contributed by atoms with van der Waals surface area (Å²) < 4.78 is 1.90. The number of rotatable bonds is 11. The average molecular weight is 428 g/mol. The molecule has 0 aromatic rings. The van der Waals surface area contributed by atoms with E-state index in [0.29, 0.717) is 0 Å². The topological polar surface area (TPSA) is 69.2 Å². The molecule has 0 heterocycles. The Kier molecular flexibility index (Phi) is 22.3. The number of aliphatic carboxylic acids is 1. The van der Waals surface area contributed by atoms with Gasteiger partial charge in [-0.15, -0.1) is 0 Å². The molecule has 0 saturated heterocycles. The van der Waals surface area contributed by atoms with Gasteiger partial charge in [-0.3, -0.25) is 4.79 Å². The zero-order chi connectivity index (χ0) is 22.8. The Labute approximate surface area is 183 Å². The van der Waals surface area contributed by atoms with Gasteiger partial charge in [-0.25, -0.2) is 0 Å². The maximum atomic E-state index is 10.3. The highest BCUT2D eigenvalue weighted by atomic mass is 35.5. The van der Waals surface area contributed by atoms with E-state index < -0.39 is 17.6 Å². The molecule has 0 saturated carbocycles. The van der Waals surface area contributed by atoms with Crippen LogP contribution in [0.15, 0.2) is 75.6 Å². The van der Waals surface area contributed by atoms with Crippen molar-refractivity contribution >= 4 is 11.9 Å². The van der Waals surface area contributed by atoms with Gasteiger partial charge >= 0.3 is 0 Å². The van der Waals surface area contributed by atoms with Crippen LogP contribution in [0.1, 0.15) is 0 Å². The Morgan fingerprint density at radius 3 is 1.24 bits per heavy atom. The number of carboxylic acids is 1. The highest BCUT2D eigenvalue weighted by molar-refractivity contribution is 5.95. The molecular formula is C22H38ClN3O3. The molecule has 0 unspecified atom stereocenters. The fourth-order valence-corrected chi connectivity index (χ4v) is 1.80. The van der Waals surface area contributed by atoms with Crippen LogP contribution in [0, 0.1) is 0 Å². The Morgan fingerprint density at radius 2 is 1.07 bits per heavy atom. The molecule has 166 valence electrons. The molecule has 0 aliphatic rings. The molecule has 0 aromatic carbocycles. The van der Waals surface area contributed by atoms with Crippen LogP contribution in [-0.2, 0) is 9.59 Å². The van der Waals surface area contributed by atoms with Crippen LogP contribution in [0.4, 0.5) is 0 Å². The Balaban J connectivity index is -0.000000159. The zero-order valence-electron chi connectivity index (χ0n) is 18.5. The third kappa shape index (κ3) is 25.6. The summed E-state index contributed by atoms with van der Waals surface area (Å²) in [7, 11) is 8.62. The first kappa shape index (κ1) is 34.1. The molecule has 0 aliphatic heterocycles. The van der Waals surface area contributed by atoms with Crippen molar-refractivity contribution in [3.05, 3.63) is 75.6 Å². The number of nitrogens with zero attached hydrogens (tertiary/aromatic N) is 2. The van der Waals surface area contributed by atoms with Crippen molar-refractivity contribution in [1.82, 2.24) is 5.32 Å². The van der Waals surface area contributed by atoms with Crippen molar-refractivity contribution in [1.29, 1.82) is 0 Å². The molecule has 29 heavy (non-hydrogen) atoms. The van der Waals surface area contributed by atoms with E-state index in [1.807, 2.05) is 29.6 Å². The molecular weight excluding hydrogens is 390 g/mol. The maximum Gasteiger partial charge on any atom is 0.247 e. The van der Waals surface area contributed by atoms with E-state index in [1.165, 1.54) is 0 Å². The third-order valence-corrected chi connectivity index (χ3v) is 3.20. The molecule has 1 N–H and O–H groups in total. The van der Waals surface area contributed by atoms with E-state index in [0.717, 1.165) is 41.2 Å². The second-order valence-electron chi connectivity index (χ2n) is 7.22. The molecule has 0 aromatic heterocycles. The number of likely N-dealkylation sites (N-methyl/N-ethyl adjacent to an activating group) is 2. The minimum Gasteiger partial charge on any atom is -1.00 e. The maximum absolute atomic E-state index is 10.3. The van der Waals surface area contributed by atoms with Crippen LogP contribution in [0.3, 0.4) is 0 Å². The Hall–Kier alpha value is -2.41. The van der Waals surface area contributed by atoms with Crippen LogP contribution < -0.4 is 22.8 Å². The Morgan fingerprint density at radius 1 is 0.793 bits per heavy atom. The second-order valence-corrected chi connectivity index (χ2v) is 7.22. The lowest BCUT2D eigenvalue weighted by Crippen LogP contribution is -3.00. The van der Waals surface area contributed by atoms with Crippen molar-refractivity contribution in [3.63, 3.8) is 0 Å². The van der Waals surface area contributed by atoms with E-state index in [-0.39, 0.29) is 12.4 Å². The quantitative estimate of drug-likeness (QED) is 0.246. The van der Waals surface area contributed by atoms with Gasteiger partial charge in [0.05, 0.1) is 66.0 Å². The SMILES string of the molecule is C=CC(=O)NC(=C)C(=O)[O-].C=CC[N+](C)(C)CC=C.C=CC[N+](C)(C)CC=C.[Cl-]. The minimum absolute atomic E-state index is 0. The highest BCUT2D eigenvalue weighted by Gasteiger charge is 2.08. The van der Waals surface area contributed by atoms with E-state index in [9.17, 15) is 14.7 Å². The number of quaternary nitrogens is 2. The zero-order valence-corrected chi connectivity index (χ0v) is 19.2. The lowest BCUT2D eigenvalue weighted by molar-refractivity contribution is -0.878. The monoisotopic (exact) mass is 427 g/mol. The first-order chi connectivity index (χ1) is 12.8. The van der Waals surface area contributed by atoms with Crippen molar-refractivity contribution in [2.75, 3.05) is 54.4 Å². The van der Waals surface area contributed by atoms with Gasteiger partial charge in [-0.2, -0.15) is 0 Å². The number of hydrogen-bond acceptors (Lipinski definition) is 3. The first-order valence-electron chi connectivity index (χ1n) is 8.73. The van der Waals surface area contributed by atoms with Gasteiger partial charge in [-0.1, -0.05) is 39.5 Å². The lowest BCUT2D eigenvalue weighted by atomic mass is 10.4. The highest BCUT2D eigenvalue weighted by Crippen LogP contribution is 1.95. The summed E-state index contributed by atoms with van der Waals surface area (Å²) in [5.74, 6) is -2.12. The number of halogens is 1. The van der Waals surface area contributed by atoms with Crippen LogP contribution >= 0.6 is 0 Å². The molecule has 6 nitrogen and oxygen atoms in total. The molecule has 0 fully saturated rings. The summed E-state index contributed by atoms with van der Waals surface area (Å²) >= 11 is 0. The van der Waals surface area contributed by atoms with Crippen molar-refractivity contribution < 1.29 is 36.1 Å². The van der Waals surface area contributed by atoms with Gasteiger partial charge in [0.25, 0.3) is 0 Å². The second kappa shape index (κ2) is 18.9. The Bertz CT molecular complexity index is 516. The molecule has 0 radical (unpaired) electrons. The van der Waals surface area contributed by atoms with E-state index in [1.54, 1.807) is 0 Å². The van der Waals surface area contributed by atoms with E-state index in [2.05, 4.69) is 67.7 Å². The van der Waals surface area contributed by atoms with Gasteiger partial charge in [0.2, 0.25) is 5.91 Å². The normalized spacial score (nSPS) is 9.52. The van der Waals surface area contributed by atoms with Gasteiger partial charge in [0, 0.05) is 0 Å². The fraction of sp³-hybridized carbons (Fsp3) is 0.364. The third-order valence-electron chi connectivity index (χ3n) is 3.20. The molecule has 0 bridgehead atoms. The number of nitrogens with one attached hydrogen (secondary N) is 1. The van der Waals surface area contributed by atoms with Gasteiger partial charge in [0.1, 0.15) is 0 Å². The van der Waals surface area contributed by atoms with Gasteiger partial charge in [-0.05, 0) is 30.4 Å². The average Bonchev–Trinajstić information content (AvgIpc) is 2.55. The number of carbonyl (C=O) groups is 2. The molecule has 0 aliphatic carbocycles. The van der Waals surface area contributed by atoms with E-state index >= 15 is 0 Å². The molecule has 7 heteroatoms. The van der Waals surface area contributed by atoms with Gasteiger partial charge < -0.3 is 36.6 Å². The van der Waals surface area contributed by atoms with Crippen LogP contribution in [0.5, 0.6) is 0 Å². The summed E-state index contributed by atoms with van der Waals surface area (Å²) in [6, 6.07) is 0. The summed E-state index contributed by atoms with van der Waals surface area (Å²) in [6.07, 6.45) is 8.67.